The minimum Gasteiger partial charge on any atom is -0.444 e. The molecule has 7 heteroatoms. The van der Waals surface area contributed by atoms with Crippen molar-refractivity contribution in [2.24, 2.45) is 0 Å². The summed E-state index contributed by atoms with van der Waals surface area (Å²) >= 11 is 3.53. The van der Waals surface area contributed by atoms with Gasteiger partial charge in [0.1, 0.15) is 5.60 Å². The Morgan fingerprint density at radius 3 is 2.69 bits per heavy atom. The lowest BCUT2D eigenvalue weighted by Crippen LogP contribution is -2.33. The van der Waals surface area contributed by atoms with Crippen LogP contribution in [0.5, 0.6) is 0 Å². The molecule has 0 atom stereocenters. The molecule has 3 aromatic rings. The molecular weight excluding hydrogens is 432 g/mol. The largest absolute Gasteiger partial charge is 0.444 e. The average molecular weight is 459 g/mol. The third-order valence-electron chi connectivity index (χ3n) is 4.58. The van der Waals surface area contributed by atoms with Gasteiger partial charge in [-0.2, -0.15) is 5.10 Å². The number of nitrogens with one attached hydrogen (secondary N) is 1. The monoisotopic (exact) mass is 458 g/mol. The Balaban J connectivity index is 1.99. The van der Waals surface area contributed by atoms with Crippen molar-refractivity contribution in [3.8, 4) is 11.1 Å². The fourth-order valence-corrected chi connectivity index (χ4v) is 3.74. The molecule has 29 heavy (non-hydrogen) atoms. The maximum Gasteiger partial charge on any atom is 0.407 e. The molecule has 0 aliphatic heterocycles. The molecule has 3 heterocycles. The Labute approximate surface area is 179 Å². The number of hydrogen-bond acceptors (Lipinski definition) is 4. The van der Waals surface area contributed by atoms with Gasteiger partial charge in [0.2, 0.25) is 0 Å². The highest BCUT2D eigenvalue weighted by Crippen LogP contribution is 2.32. The van der Waals surface area contributed by atoms with Crippen molar-refractivity contribution < 1.29 is 9.53 Å². The molecule has 0 bridgehead atoms. The number of carbonyl (C=O) groups excluding carboxylic acids is 1. The van der Waals surface area contributed by atoms with Crippen molar-refractivity contribution in [2.75, 3.05) is 6.54 Å². The van der Waals surface area contributed by atoms with Crippen molar-refractivity contribution in [2.45, 2.75) is 53.1 Å². The number of hydrogen-bond donors (Lipinski definition) is 1. The first-order chi connectivity index (χ1) is 13.7. The molecule has 154 valence electrons. The number of pyridine rings is 1. The fourth-order valence-electron chi connectivity index (χ4n) is 3.37. The zero-order valence-corrected chi connectivity index (χ0v) is 19.1. The Morgan fingerprint density at radius 1 is 1.28 bits per heavy atom. The van der Waals surface area contributed by atoms with Crippen LogP contribution in [0.15, 0.2) is 35.1 Å². The second kappa shape index (κ2) is 8.53. The molecule has 0 unspecified atom stereocenters. The van der Waals surface area contributed by atoms with Gasteiger partial charge in [0.25, 0.3) is 0 Å². The molecular formula is C22H27BrN4O2. The first-order valence-corrected chi connectivity index (χ1v) is 10.6. The number of amides is 1. The lowest BCUT2D eigenvalue weighted by atomic mass is 9.97. The standard InChI is InChI=1S/C22H27BrN4O2/c1-6-17-7-8-19-20(15-11-16(23)13-24-12-15)18(14(2)26-27(17)19)9-10-25-21(28)29-22(3,4)5/h7-8,11-13H,6,9-10H2,1-5H3,(H,25,28). The maximum atomic E-state index is 12.0. The molecule has 0 spiro atoms. The molecule has 0 radical (unpaired) electrons. The van der Waals surface area contributed by atoms with Gasteiger partial charge in [0.15, 0.2) is 0 Å². The van der Waals surface area contributed by atoms with E-state index in [-0.39, 0.29) is 0 Å². The highest BCUT2D eigenvalue weighted by molar-refractivity contribution is 9.10. The van der Waals surface area contributed by atoms with Crippen molar-refractivity contribution in [1.82, 2.24) is 19.9 Å². The quantitative estimate of drug-likeness (QED) is 0.577. The van der Waals surface area contributed by atoms with Gasteiger partial charge < -0.3 is 10.1 Å². The van der Waals surface area contributed by atoms with Gasteiger partial charge in [-0.3, -0.25) is 4.98 Å². The van der Waals surface area contributed by atoms with Crippen LogP contribution in [-0.2, 0) is 17.6 Å². The summed E-state index contributed by atoms with van der Waals surface area (Å²) in [5.74, 6) is 0. The number of rotatable bonds is 5. The van der Waals surface area contributed by atoms with E-state index in [1.54, 1.807) is 6.20 Å². The topological polar surface area (TPSA) is 68.5 Å². The van der Waals surface area contributed by atoms with E-state index in [9.17, 15) is 4.79 Å². The minimum absolute atomic E-state index is 0.411. The van der Waals surface area contributed by atoms with E-state index < -0.39 is 11.7 Å². The molecule has 3 aromatic heterocycles. The van der Waals surface area contributed by atoms with E-state index >= 15 is 0 Å². The van der Waals surface area contributed by atoms with Crippen LogP contribution < -0.4 is 5.32 Å². The zero-order chi connectivity index (χ0) is 21.2. The predicted molar refractivity (Wildman–Crippen MR) is 118 cm³/mol. The summed E-state index contributed by atoms with van der Waals surface area (Å²) in [7, 11) is 0. The fraction of sp³-hybridized carbons (Fsp3) is 0.409. The van der Waals surface area contributed by atoms with E-state index in [1.165, 1.54) is 0 Å². The highest BCUT2D eigenvalue weighted by Gasteiger charge is 2.19. The second-order valence-electron chi connectivity index (χ2n) is 7.98. The first-order valence-electron chi connectivity index (χ1n) is 9.77. The number of halogens is 1. The Hall–Kier alpha value is -2.41. The number of aryl methyl sites for hydroxylation is 2. The lowest BCUT2D eigenvalue weighted by molar-refractivity contribution is 0.0528. The van der Waals surface area contributed by atoms with E-state index in [0.29, 0.717) is 13.0 Å². The second-order valence-corrected chi connectivity index (χ2v) is 8.90. The van der Waals surface area contributed by atoms with E-state index in [0.717, 1.165) is 44.5 Å². The summed E-state index contributed by atoms with van der Waals surface area (Å²) in [5.41, 5.74) is 5.82. The minimum atomic E-state index is -0.518. The Bertz CT molecular complexity index is 1040. The van der Waals surface area contributed by atoms with Crippen molar-refractivity contribution in [3.05, 3.63) is 52.0 Å². The summed E-state index contributed by atoms with van der Waals surface area (Å²) in [6.45, 7) is 10.2. The van der Waals surface area contributed by atoms with Crippen LogP contribution in [0, 0.1) is 6.92 Å². The third kappa shape index (κ3) is 4.96. The van der Waals surface area contributed by atoms with Crippen molar-refractivity contribution in [1.29, 1.82) is 0 Å². The molecule has 3 rings (SSSR count). The van der Waals surface area contributed by atoms with Gasteiger partial charge in [-0.1, -0.05) is 6.92 Å². The summed E-state index contributed by atoms with van der Waals surface area (Å²) < 4.78 is 8.27. The number of ether oxygens (including phenoxy) is 1. The van der Waals surface area contributed by atoms with E-state index in [2.05, 4.69) is 51.4 Å². The maximum absolute atomic E-state index is 12.0. The number of aromatic nitrogens is 3. The number of alkyl carbamates (subject to hydrolysis) is 1. The van der Waals surface area contributed by atoms with Crippen LogP contribution in [0.2, 0.25) is 0 Å². The molecule has 0 aliphatic rings. The molecule has 0 aliphatic carbocycles. The molecule has 1 amide bonds. The van der Waals surface area contributed by atoms with Gasteiger partial charge >= 0.3 is 6.09 Å². The van der Waals surface area contributed by atoms with Crippen LogP contribution >= 0.6 is 15.9 Å². The van der Waals surface area contributed by atoms with Crippen molar-refractivity contribution >= 4 is 27.5 Å². The van der Waals surface area contributed by atoms with Gasteiger partial charge in [-0.25, -0.2) is 9.31 Å². The van der Waals surface area contributed by atoms with Crippen LogP contribution in [0.4, 0.5) is 4.79 Å². The summed E-state index contributed by atoms with van der Waals surface area (Å²) in [6, 6.07) is 6.27. The van der Waals surface area contributed by atoms with Gasteiger partial charge in [-0.05, 0) is 80.2 Å². The Morgan fingerprint density at radius 2 is 2.03 bits per heavy atom. The van der Waals surface area contributed by atoms with Crippen LogP contribution in [0.3, 0.4) is 0 Å². The molecule has 6 nitrogen and oxygen atoms in total. The Kier molecular flexibility index (Phi) is 6.27. The van der Waals surface area contributed by atoms with Gasteiger partial charge in [0, 0.05) is 40.2 Å². The van der Waals surface area contributed by atoms with E-state index in [4.69, 9.17) is 9.84 Å². The number of carbonyl (C=O) groups is 1. The molecule has 0 fully saturated rings. The molecule has 0 saturated heterocycles. The summed E-state index contributed by atoms with van der Waals surface area (Å²) in [6.07, 6.45) is 4.77. The predicted octanol–water partition coefficient (Wildman–Crippen LogP) is 5.10. The third-order valence-corrected chi connectivity index (χ3v) is 5.01. The van der Waals surface area contributed by atoms with Crippen LogP contribution in [0.25, 0.3) is 16.6 Å². The lowest BCUT2D eigenvalue weighted by Gasteiger charge is -2.20. The molecule has 0 aromatic carbocycles. The number of nitrogens with zero attached hydrogens (tertiary/aromatic N) is 3. The SMILES string of the molecule is CCc1ccc2c(-c3cncc(Br)c3)c(CCNC(=O)OC(C)(C)C)c(C)nn12. The summed E-state index contributed by atoms with van der Waals surface area (Å²) in [5, 5.41) is 7.66. The number of fused-ring (bicyclic) bond motifs is 1. The van der Waals surface area contributed by atoms with Gasteiger partial charge in [-0.15, -0.1) is 0 Å². The van der Waals surface area contributed by atoms with Crippen LogP contribution in [0.1, 0.15) is 44.6 Å². The molecule has 0 saturated carbocycles. The average Bonchev–Trinajstić information content (AvgIpc) is 3.02. The smallest absolute Gasteiger partial charge is 0.407 e. The van der Waals surface area contributed by atoms with Crippen LogP contribution in [-0.4, -0.2) is 32.8 Å². The first kappa shape index (κ1) is 21.3. The highest BCUT2D eigenvalue weighted by atomic mass is 79.9. The normalized spacial score (nSPS) is 11.7. The van der Waals surface area contributed by atoms with Gasteiger partial charge in [0.05, 0.1) is 11.2 Å². The zero-order valence-electron chi connectivity index (χ0n) is 17.5. The molecule has 1 N–H and O–H groups in total. The van der Waals surface area contributed by atoms with E-state index in [1.807, 2.05) is 38.4 Å². The summed E-state index contributed by atoms with van der Waals surface area (Å²) in [4.78, 5) is 16.4. The van der Waals surface area contributed by atoms with Crippen molar-refractivity contribution in [3.63, 3.8) is 0 Å².